The van der Waals surface area contributed by atoms with Gasteiger partial charge in [-0.15, -0.1) is 11.3 Å². The summed E-state index contributed by atoms with van der Waals surface area (Å²) in [7, 11) is 0. The van der Waals surface area contributed by atoms with Crippen LogP contribution in [0.2, 0.25) is 0 Å². The predicted octanol–water partition coefficient (Wildman–Crippen LogP) is 2.67. The third-order valence-electron chi connectivity index (χ3n) is 4.20. The lowest BCUT2D eigenvalue weighted by Crippen LogP contribution is -2.37. The fraction of sp³-hybridized carbons (Fsp3) is 0.667. The van der Waals surface area contributed by atoms with Crippen molar-refractivity contribution in [2.75, 3.05) is 26.2 Å². The minimum Gasteiger partial charge on any atom is -0.477 e. The van der Waals surface area contributed by atoms with Crippen LogP contribution in [0.25, 0.3) is 0 Å². The van der Waals surface area contributed by atoms with Gasteiger partial charge < -0.3 is 5.11 Å². The van der Waals surface area contributed by atoms with Gasteiger partial charge in [-0.3, -0.25) is 9.80 Å². The van der Waals surface area contributed by atoms with E-state index in [0.717, 1.165) is 37.6 Å². The van der Waals surface area contributed by atoms with Gasteiger partial charge in [0.15, 0.2) is 0 Å². The number of carbonyl (C=O) groups is 1. The van der Waals surface area contributed by atoms with Crippen LogP contribution < -0.4 is 0 Å². The topological polar surface area (TPSA) is 43.8 Å². The third-order valence-corrected chi connectivity index (χ3v) is 5.28. The number of hydrogen-bond acceptors (Lipinski definition) is 4. The van der Waals surface area contributed by atoms with E-state index in [1.807, 2.05) is 13.0 Å². The number of carboxylic acids is 1. The van der Waals surface area contributed by atoms with Gasteiger partial charge in [-0.2, -0.15) is 0 Å². The second kappa shape index (κ2) is 6.70. The van der Waals surface area contributed by atoms with Crippen LogP contribution in [0.4, 0.5) is 0 Å². The van der Waals surface area contributed by atoms with E-state index in [2.05, 4.69) is 23.6 Å². The Morgan fingerprint density at radius 3 is 2.75 bits per heavy atom. The minimum absolute atomic E-state index is 0.456. The molecule has 2 rings (SSSR count). The molecule has 4 nitrogen and oxygen atoms in total. The molecule has 1 aromatic heterocycles. The van der Waals surface area contributed by atoms with Crippen molar-refractivity contribution in [3.8, 4) is 0 Å². The van der Waals surface area contributed by atoms with E-state index in [-0.39, 0.29) is 0 Å². The van der Waals surface area contributed by atoms with Gasteiger partial charge in [0.1, 0.15) is 4.88 Å². The Balaban J connectivity index is 1.97. The summed E-state index contributed by atoms with van der Waals surface area (Å²) >= 11 is 1.39. The van der Waals surface area contributed by atoms with Gasteiger partial charge in [-0.25, -0.2) is 4.79 Å². The highest BCUT2D eigenvalue weighted by Crippen LogP contribution is 2.25. The second-order valence-electron chi connectivity index (χ2n) is 5.40. The Kier molecular flexibility index (Phi) is 5.18. The lowest BCUT2D eigenvalue weighted by molar-refractivity contribution is 0.0702. The van der Waals surface area contributed by atoms with Gasteiger partial charge in [0.2, 0.25) is 0 Å². The van der Waals surface area contributed by atoms with Crippen LogP contribution in [0.15, 0.2) is 6.07 Å². The van der Waals surface area contributed by atoms with Crippen molar-refractivity contribution in [3.63, 3.8) is 0 Å². The molecule has 1 saturated heterocycles. The van der Waals surface area contributed by atoms with Crippen molar-refractivity contribution >= 4 is 17.3 Å². The van der Waals surface area contributed by atoms with E-state index in [1.165, 1.54) is 23.3 Å². The monoisotopic (exact) mass is 296 g/mol. The summed E-state index contributed by atoms with van der Waals surface area (Å²) in [4.78, 5) is 17.6. The first-order chi connectivity index (χ1) is 9.55. The molecular weight excluding hydrogens is 272 g/mol. The molecular formula is C15H24N2O2S. The highest BCUT2D eigenvalue weighted by Gasteiger charge is 2.26. The highest BCUT2D eigenvalue weighted by molar-refractivity contribution is 7.14. The summed E-state index contributed by atoms with van der Waals surface area (Å²) in [5.74, 6) is -0.813. The Morgan fingerprint density at radius 1 is 1.50 bits per heavy atom. The smallest absolute Gasteiger partial charge is 0.345 e. The average Bonchev–Trinajstić information content (AvgIpc) is 3.00. The number of hydrogen-bond donors (Lipinski definition) is 1. The molecule has 0 aromatic carbocycles. The summed E-state index contributed by atoms with van der Waals surface area (Å²) in [6.45, 7) is 11.8. The molecule has 0 spiro atoms. The molecule has 20 heavy (non-hydrogen) atoms. The first kappa shape index (κ1) is 15.5. The fourth-order valence-corrected chi connectivity index (χ4v) is 3.89. The number of aromatic carboxylic acids is 1. The first-order valence-corrected chi connectivity index (χ1v) is 8.15. The number of aryl methyl sites for hydroxylation is 1. The summed E-state index contributed by atoms with van der Waals surface area (Å²) in [5.41, 5.74) is 1.17. The van der Waals surface area contributed by atoms with Crippen LogP contribution in [0.1, 0.15) is 40.4 Å². The van der Waals surface area contributed by atoms with E-state index in [0.29, 0.717) is 10.9 Å². The Morgan fingerprint density at radius 2 is 2.20 bits per heavy atom. The quantitative estimate of drug-likeness (QED) is 0.876. The number of carboxylic acid groups (broad SMARTS) is 1. The molecule has 5 heteroatoms. The fourth-order valence-electron chi connectivity index (χ4n) is 3.02. The predicted molar refractivity (Wildman–Crippen MR) is 82.6 cm³/mol. The maximum atomic E-state index is 11.0. The van der Waals surface area contributed by atoms with E-state index < -0.39 is 5.97 Å². The molecule has 0 bridgehead atoms. The number of rotatable bonds is 6. The molecule has 1 aliphatic rings. The van der Waals surface area contributed by atoms with Crippen molar-refractivity contribution in [2.45, 2.75) is 39.8 Å². The summed E-state index contributed by atoms with van der Waals surface area (Å²) < 4.78 is 0. The molecule has 1 atom stereocenters. The van der Waals surface area contributed by atoms with Crippen LogP contribution in [0.3, 0.4) is 0 Å². The maximum Gasteiger partial charge on any atom is 0.345 e. The number of likely N-dealkylation sites (N-methyl/N-ethyl adjacent to an activating group) is 1. The van der Waals surface area contributed by atoms with E-state index in [9.17, 15) is 4.79 Å². The molecule has 0 amide bonds. The molecule has 1 N–H and O–H groups in total. The second-order valence-corrected chi connectivity index (χ2v) is 6.65. The van der Waals surface area contributed by atoms with Crippen LogP contribution in [-0.2, 0) is 6.54 Å². The number of nitrogens with zero attached hydrogens (tertiary/aromatic N) is 2. The molecule has 0 radical (unpaired) electrons. The zero-order valence-corrected chi connectivity index (χ0v) is 13.4. The van der Waals surface area contributed by atoms with Crippen molar-refractivity contribution in [1.29, 1.82) is 0 Å². The lowest BCUT2D eigenvalue weighted by atomic mass is 10.2. The molecule has 0 saturated carbocycles. The molecule has 0 aliphatic carbocycles. The Hall–Kier alpha value is -0.910. The Bertz CT molecular complexity index is 468. The van der Waals surface area contributed by atoms with Gasteiger partial charge >= 0.3 is 5.97 Å². The molecule has 1 aliphatic heterocycles. The van der Waals surface area contributed by atoms with Crippen molar-refractivity contribution < 1.29 is 9.90 Å². The van der Waals surface area contributed by atoms with Crippen molar-refractivity contribution in [3.05, 3.63) is 21.4 Å². The largest absolute Gasteiger partial charge is 0.477 e. The van der Waals surface area contributed by atoms with Crippen LogP contribution in [0, 0.1) is 6.92 Å². The summed E-state index contributed by atoms with van der Waals surface area (Å²) in [6, 6.07) is 2.50. The third kappa shape index (κ3) is 3.40. The average molecular weight is 296 g/mol. The normalized spacial score (nSPS) is 19.9. The first-order valence-electron chi connectivity index (χ1n) is 7.34. The van der Waals surface area contributed by atoms with Gasteiger partial charge in [0.05, 0.1) is 0 Å². The molecule has 1 aromatic rings. The van der Waals surface area contributed by atoms with Gasteiger partial charge in [0, 0.05) is 30.6 Å². The number of thiophene rings is 1. The van der Waals surface area contributed by atoms with Crippen molar-refractivity contribution in [2.24, 2.45) is 0 Å². The summed E-state index contributed by atoms with van der Waals surface area (Å²) in [6.07, 6.45) is 1.22. The Labute approximate surface area is 125 Å². The number of likely N-dealkylation sites (tertiary alicyclic amines) is 1. The highest BCUT2D eigenvalue weighted by atomic mass is 32.1. The van der Waals surface area contributed by atoms with Crippen LogP contribution in [-0.4, -0.2) is 53.1 Å². The SMILES string of the molecule is CCN(CC)C1CCN(Cc2cc(C(=O)O)sc2C)C1. The molecule has 2 heterocycles. The van der Waals surface area contributed by atoms with Gasteiger partial charge in [0.25, 0.3) is 0 Å². The van der Waals surface area contributed by atoms with Gasteiger partial charge in [-0.05, 0) is 38.1 Å². The summed E-state index contributed by atoms with van der Waals surface area (Å²) in [5, 5.41) is 9.05. The van der Waals surface area contributed by atoms with Crippen molar-refractivity contribution in [1.82, 2.24) is 9.80 Å². The van der Waals surface area contributed by atoms with Gasteiger partial charge in [-0.1, -0.05) is 13.8 Å². The lowest BCUT2D eigenvalue weighted by Gasteiger charge is -2.26. The van der Waals surface area contributed by atoms with E-state index in [4.69, 9.17) is 5.11 Å². The molecule has 112 valence electrons. The maximum absolute atomic E-state index is 11.0. The van der Waals surface area contributed by atoms with Crippen LogP contribution >= 0.6 is 11.3 Å². The zero-order valence-electron chi connectivity index (χ0n) is 12.6. The van der Waals surface area contributed by atoms with E-state index in [1.54, 1.807) is 0 Å². The molecule has 1 unspecified atom stereocenters. The minimum atomic E-state index is -0.813. The van der Waals surface area contributed by atoms with E-state index >= 15 is 0 Å². The van der Waals surface area contributed by atoms with Crippen LogP contribution in [0.5, 0.6) is 0 Å². The zero-order chi connectivity index (χ0) is 14.7. The standard InChI is InChI=1S/C15H24N2O2S/c1-4-17(5-2)13-6-7-16(10-13)9-12-8-14(15(18)19)20-11(12)3/h8,13H,4-7,9-10H2,1-3H3,(H,18,19). The molecule has 1 fully saturated rings.